The number of hydrogen-bond donors (Lipinski definition) is 1. The minimum Gasteiger partial charge on any atom is -0.497 e. The van der Waals surface area contributed by atoms with Gasteiger partial charge < -0.3 is 10.5 Å². The van der Waals surface area contributed by atoms with E-state index in [4.69, 9.17) is 10.5 Å². The SMILES string of the molecule is COc1ccc(Br)c(CC(N)c2cccs2)c1. The Morgan fingerprint density at radius 1 is 1.41 bits per heavy atom. The van der Waals surface area contributed by atoms with Gasteiger partial charge in [-0.05, 0) is 41.6 Å². The summed E-state index contributed by atoms with van der Waals surface area (Å²) in [5.74, 6) is 0.863. The second-order valence-corrected chi connectivity index (χ2v) is 5.62. The lowest BCUT2D eigenvalue weighted by molar-refractivity contribution is 0.414. The molecule has 0 spiro atoms. The molecule has 0 aliphatic carbocycles. The van der Waals surface area contributed by atoms with Crippen LogP contribution in [0.2, 0.25) is 0 Å². The molecule has 0 fully saturated rings. The molecule has 0 bridgehead atoms. The van der Waals surface area contributed by atoms with E-state index >= 15 is 0 Å². The number of benzene rings is 1. The van der Waals surface area contributed by atoms with Crippen LogP contribution in [0.3, 0.4) is 0 Å². The van der Waals surface area contributed by atoms with Gasteiger partial charge in [0.25, 0.3) is 0 Å². The molecule has 2 N–H and O–H groups in total. The van der Waals surface area contributed by atoms with Crippen LogP contribution in [0.25, 0.3) is 0 Å². The van der Waals surface area contributed by atoms with Crippen molar-refractivity contribution in [1.82, 2.24) is 0 Å². The highest BCUT2D eigenvalue weighted by Gasteiger charge is 2.11. The molecule has 4 heteroatoms. The zero-order valence-corrected chi connectivity index (χ0v) is 11.9. The van der Waals surface area contributed by atoms with E-state index in [0.29, 0.717) is 0 Å². The maximum Gasteiger partial charge on any atom is 0.119 e. The molecule has 2 aromatic rings. The topological polar surface area (TPSA) is 35.2 Å². The molecular formula is C13H14BrNOS. The van der Waals surface area contributed by atoms with Crippen LogP contribution < -0.4 is 10.5 Å². The third kappa shape index (κ3) is 3.09. The standard InChI is InChI=1S/C13H14BrNOS/c1-16-10-4-5-11(14)9(7-10)8-12(15)13-3-2-6-17-13/h2-7,12H,8,15H2,1H3. The van der Waals surface area contributed by atoms with Crippen molar-refractivity contribution in [1.29, 1.82) is 0 Å². The number of nitrogens with two attached hydrogens (primary N) is 1. The average Bonchev–Trinajstić information content (AvgIpc) is 2.85. The van der Waals surface area contributed by atoms with E-state index in [0.717, 1.165) is 16.6 Å². The zero-order valence-electron chi connectivity index (χ0n) is 9.52. The van der Waals surface area contributed by atoms with Gasteiger partial charge in [0.1, 0.15) is 5.75 Å². The minimum absolute atomic E-state index is 0.0402. The summed E-state index contributed by atoms with van der Waals surface area (Å²) in [6.45, 7) is 0. The summed E-state index contributed by atoms with van der Waals surface area (Å²) in [5, 5.41) is 2.05. The highest BCUT2D eigenvalue weighted by atomic mass is 79.9. The van der Waals surface area contributed by atoms with Crippen LogP contribution in [-0.2, 0) is 6.42 Å². The predicted octanol–water partition coefficient (Wildman–Crippen LogP) is 3.76. The molecule has 1 aromatic heterocycles. The molecule has 1 aromatic carbocycles. The van der Waals surface area contributed by atoms with E-state index in [1.54, 1.807) is 18.4 Å². The fraction of sp³-hybridized carbons (Fsp3) is 0.231. The Hall–Kier alpha value is -0.840. The Balaban J connectivity index is 2.18. The highest BCUT2D eigenvalue weighted by Crippen LogP contribution is 2.27. The molecule has 0 saturated carbocycles. The van der Waals surface area contributed by atoms with Crippen LogP contribution in [0.5, 0.6) is 5.75 Å². The number of rotatable bonds is 4. The first-order valence-corrected chi connectivity index (χ1v) is 6.99. The quantitative estimate of drug-likeness (QED) is 0.933. The minimum atomic E-state index is 0.0402. The van der Waals surface area contributed by atoms with Crippen LogP contribution >= 0.6 is 27.3 Å². The van der Waals surface area contributed by atoms with Gasteiger partial charge in [-0.3, -0.25) is 0 Å². The first-order valence-electron chi connectivity index (χ1n) is 5.32. The summed E-state index contributed by atoms with van der Waals surface area (Å²) in [6, 6.07) is 10.1. The third-order valence-electron chi connectivity index (χ3n) is 2.60. The van der Waals surface area contributed by atoms with Crippen molar-refractivity contribution in [2.75, 3.05) is 7.11 Å². The molecule has 0 saturated heterocycles. The maximum absolute atomic E-state index is 6.18. The number of thiophene rings is 1. The second-order valence-electron chi connectivity index (χ2n) is 3.78. The summed E-state index contributed by atoms with van der Waals surface area (Å²) in [6.07, 6.45) is 0.804. The van der Waals surface area contributed by atoms with E-state index in [9.17, 15) is 0 Å². The highest BCUT2D eigenvalue weighted by molar-refractivity contribution is 9.10. The van der Waals surface area contributed by atoms with Gasteiger partial charge >= 0.3 is 0 Å². The summed E-state index contributed by atoms with van der Waals surface area (Å²) < 4.78 is 6.30. The van der Waals surface area contributed by atoms with Gasteiger partial charge in [-0.15, -0.1) is 11.3 Å². The summed E-state index contributed by atoms with van der Waals surface area (Å²) >= 11 is 5.24. The van der Waals surface area contributed by atoms with Gasteiger partial charge in [0.05, 0.1) is 7.11 Å². The Morgan fingerprint density at radius 2 is 2.24 bits per heavy atom. The van der Waals surface area contributed by atoms with Crippen molar-refractivity contribution < 1.29 is 4.74 Å². The van der Waals surface area contributed by atoms with Crippen LogP contribution in [0.1, 0.15) is 16.5 Å². The largest absolute Gasteiger partial charge is 0.497 e. The van der Waals surface area contributed by atoms with Crippen LogP contribution in [0.15, 0.2) is 40.2 Å². The lowest BCUT2D eigenvalue weighted by Crippen LogP contribution is -2.12. The number of methoxy groups -OCH3 is 1. The van der Waals surface area contributed by atoms with Gasteiger partial charge in [-0.25, -0.2) is 0 Å². The van der Waals surface area contributed by atoms with Gasteiger partial charge in [-0.1, -0.05) is 22.0 Å². The monoisotopic (exact) mass is 311 g/mol. The van der Waals surface area contributed by atoms with Gasteiger partial charge in [0, 0.05) is 15.4 Å². The van der Waals surface area contributed by atoms with Crippen molar-refractivity contribution in [2.24, 2.45) is 5.73 Å². The van der Waals surface area contributed by atoms with Crippen molar-refractivity contribution in [3.63, 3.8) is 0 Å². The smallest absolute Gasteiger partial charge is 0.119 e. The van der Waals surface area contributed by atoms with Crippen molar-refractivity contribution in [3.8, 4) is 5.75 Å². The molecule has 2 nitrogen and oxygen atoms in total. The molecule has 1 unspecified atom stereocenters. The molecule has 1 heterocycles. The Labute approximate surface area is 114 Å². The summed E-state index contributed by atoms with van der Waals surface area (Å²) in [4.78, 5) is 1.21. The number of hydrogen-bond acceptors (Lipinski definition) is 3. The normalized spacial score (nSPS) is 12.4. The lowest BCUT2D eigenvalue weighted by atomic mass is 10.1. The fourth-order valence-corrected chi connectivity index (χ4v) is 2.81. The second kappa shape index (κ2) is 5.67. The zero-order chi connectivity index (χ0) is 12.3. The molecule has 17 heavy (non-hydrogen) atoms. The summed E-state index contributed by atoms with van der Waals surface area (Å²) in [7, 11) is 1.67. The van der Waals surface area contributed by atoms with Crippen molar-refractivity contribution in [3.05, 3.63) is 50.6 Å². The van der Waals surface area contributed by atoms with Crippen LogP contribution in [-0.4, -0.2) is 7.11 Å². The first-order chi connectivity index (χ1) is 8.20. The Morgan fingerprint density at radius 3 is 2.88 bits per heavy atom. The lowest BCUT2D eigenvalue weighted by Gasteiger charge is -2.12. The Kier molecular flexibility index (Phi) is 4.20. The summed E-state index contributed by atoms with van der Waals surface area (Å²) in [5.41, 5.74) is 7.35. The van der Waals surface area contributed by atoms with Gasteiger partial charge in [0.15, 0.2) is 0 Å². The van der Waals surface area contributed by atoms with E-state index in [1.165, 1.54) is 10.4 Å². The molecule has 90 valence electrons. The molecule has 0 radical (unpaired) electrons. The molecule has 1 atom stereocenters. The van der Waals surface area contributed by atoms with Gasteiger partial charge in [-0.2, -0.15) is 0 Å². The maximum atomic E-state index is 6.18. The van der Waals surface area contributed by atoms with E-state index < -0.39 is 0 Å². The van der Waals surface area contributed by atoms with E-state index in [-0.39, 0.29) is 6.04 Å². The molecule has 0 aliphatic rings. The predicted molar refractivity (Wildman–Crippen MR) is 75.6 cm³/mol. The molecule has 0 aliphatic heterocycles. The Bertz CT molecular complexity index is 484. The van der Waals surface area contributed by atoms with Crippen LogP contribution in [0, 0.1) is 0 Å². The van der Waals surface area contributed by atoms with E-state index in [1.807, 2.05) is 24.3 Å². The van der Waals surface area contributed by atoms with Crippen molar-refractivity contribution in [2.45, 2.75) is 12.5 Å². The number of halogens is 1. The average molecular weight is 312 g/mol. The van der Waals surface area contributed by atoms with Gasteiger partial charge in [0.2, 0.25) is 0 Å². The van der Waals surface area contributed by atoms with Crippen LogP contribution in [0.4, 0.5) is 0 Å². The first kappa shape index (κ1) is 12.6. The molecule has 2 rings (SSSR count). The van der Waals surface area contributed by atoms with E-state index in [2.05, 4.69) is 27.4 Å². The molecular weight excluding hydrogens is 298 g/mol. The number of ether oxygens (including phenoxy) is 1. The molecule has 0 amide bonds. The van der Waals surface area contributed by atoms with Crippen molar-refractivity contribution >= 4 is 27.3 Å². The third-order valence-corrected chi connectivity index (χ3v) is 4.38. The fourth-order valence-electron chi connectivity index (χ4n) is 1.67.